The molecule has 0 aliphatic rings. The lowest BCUT2D eigenvalue weighted by atomic mass is 10.1. The van der Waals surface area contributed by atoms with Crippen molar-refractivity contribution in [3.63, 3.8) is 0 Å². The van der Waals surface area contributed by atoms with E-state index in [-0.39, 0.29) is 6.04 Å². The van der Waals surface area contributed by atoms with Crippen LogP contribution >= 0.6 is 0 Å². The van der Waals surface area contributed by atoms with E-state index in [1.807, 2.05) is 6.92 Å². The van der Waals surface area contributed by atoms with Gasteiger partial charge in [-0.1, -0.05) is 58.3 Å². The molecule has 104 valence electrons. The summed E-state index contributed by atoms with van der Waals surface area (Å²) in [6.07, 6.45) is 13.3. The molecule has 0 amide bonds. The fraction of sp³-hybridized carbons (Fsp3) is 1.00. The molecule has 0 aliphatic carbocycles. The van der Waals surface area contributed by atoms with Crippen molar-refractivity contribution in [1.29, 1.82) is 0 Å². The van der Waals surface area contributed by atoms with E-state index >= 15 is 0 Å². The number of nitrogens with two attached hydrogens (primary N) is 1. The van der Waals surface area contributed by atoms with Crippen molar-refractivity contribution >= 4 is 0 Å². The summed E-state index contributed by atoms with van der Waals surface area (Å²) in [5.74, 6) is 0. The Bertz CT molecular complexity index is 137. The number of rotatable bonds is 13. The van der Waals surface area contributed by atoms with Gasteiger partial charge in [-0.05, 0) is 19.8 Å². The fourth-order valence-corrected chi connectivity index (χ4v) is 1.89. The average Bonchev–Trinajstić information content (AvgIpc) is 2.30. The molecule has 0 rings (SSSR count). The lowest BCUT2D eigenvalue weighted by molar-refractivity contribution is 0.124. The molecule has 0 aromatic rings. The monoisotopic (exact) mass is 243 g/mol. The van der Waals surface area contributed by atoms with Crippen molar-refractivity contribution < 1.29 is 4.74 Å². The van der Waals surface area contributed by atoms with E-state index in [0.717, 1.165) is 19.6 Å². The largest absolute Gasteiger partial charge is 0.381 e. The molecule has 0 aromatic carbocycles. The average molecular weight is 243 g/mol. The van der Waals surface area contributed by atoms with E-state index in [1.54, 1.807) is 0 Å². The second-order valence-corrected chi connectivity index (χ2v) is 5.21. The molecule has 2 heteroatoms. The van der Waals surface area contributed by atoms with E-state index in [4.69, 9.17) is 10.5 Å². The third kappa shape index (κ3) is 15.9. The van der Waals surface area contributed by atoms with Gasteiger partial charge in [0, 0.05) is 19.3 Å². The molecule has 0 spiro atoms. The zero-order valence-corrected chi connectivity index (χ0v) is 12.0. The highest BCUT2D eigenvalue weighted by molar-refractivity contribution is 4.51. The van der Waals surface area contributed by atoms with Crippen molar-refractivity contribution in [3.8, 4) is 0 Å². The fourth-order valence-electron chi connectivity index (χ4n) is 1.89. The van der Waals surface area contributed by atoms with Crippen LogP contribution in [0.2, 0.25) is 0 Å². The second kappa shape index (κ2) is 14.0. The smallest absolute Gasteiger partial charge is 0.0480 e. The van der Waals surface area contributed by atoms with Crippen LogP contribution in [0.3, 0.4) is 0 Å². The van der Waals surface area contributed by atoms with Gasteiger partial charge in [0.2, 0.25) is 0 Å². The molecule has 2 N–H and O–H groups in total. The van der Waals surface area contributed by atoms with E-state index in [9.17, 15) is 0 Å². The first kappa shape index (κ1) is 16.9. The van der Waals surface area contributed by atoms with Gasteiger partial charge in [0.15, 0.2) is 0 Å². The standard InChI is InChI=1S/C15H33NO/c1-3-4-5-6-7-8-9-10-11-13-17-14-12-15(2)16/h15H,3-14,16H2,1-2H3. The maximum atomic E-state index is 5.64. The van der Waals surface area contributed by atoms with Gasteiger partial charge in [-0.3, -0.25) is 0 Å². The molecule has 0 fully saturated rings. The summed E-state index contributed by atoms with van der Waals surface area (Å²) in [6.45, 7) is 6.05. The SMILES string of the molecule is CCCCCCCCCCCOCCC(C)N. The molecule has 17 heavy (non-hydrogen) atoms. The van der Waals surface area contributed by atoms with Crippen LogP contribution in [-0.4, -0.2) is 19.3 Å². The Hall–Kier alpha value is -0.0800. The van der Waals surface area contributed by atoms with Crippen molar-refractivity contribution in [2.45, 2.75) is 84.1 Å². The van der Waals surface area contributed by atoms with Crippen molar-refractivity contribution in [2.75, 3.05) is 13.2 Å². The summed E-state index contributed by atoms with van der Waals surface area (Å²) in [5, 5.41) is 0. The van der Waals surface area contributed by atoms with Crippen LogP contribution in [0.4, 0.5) is 0 Å². The maximum absolute atomic E-state index is 5.64. The molecule has 1 atom stereocenters. The molecule has 1 unspecified atom stereocenters. The van der Waals surface area contributed by atoms with Crippen LogP contribution in [0.1, 0.15) is 78.1 Å². The Morgan fingerprint density at radius 1 is 0.824 bits per heavy atom. The van der Waals surface area contributed by atoms with E-state index in [0.29, 0.717) is 0 Å². The van der Waals surface area contributed by atoms with Crippen LogP contribution in [0.15, 0.2) is 0 Å². The molecule has 0 saturated heterocycles. The molecule has 2 nitrogen and oxygen atoms in total. The maximum Gasteiger partial charge on any atom is 0.0480 e. The van der Waals surface area contributed by atoms with Crippen molar-refractivity contribution in [1.82, 2.24) is 0 Å². The number of ether oxygens (including phenoxy) is 1. The predicted octanol–water partition coefficient (Wildman–Crippen LogP) is 4.27. The summed E-state index contributed by atoms with van der Waals surface area (Å²) in [6, 6.07) is 0.276. The minimum Gasteiger partial charge on any atom is -0.381 e. The van der Waals surface area contributed by atoms with Gasteiger partial charge in [-0.15, -0.1) is 0 Å². The van der Waals surface area contributed by atoms with E-state index < -0.39 is 0 Å². The zero-order valence-electron chi connectivity index (χ0n) is 12.0. The minimum atomic E-state index is 0.276. The highest BCUT2D eigenvalue weighted by Gasteiger charge is 1.95. The Balaban J connectivity index is 2.89. The van der Waals surface area contributed by atoms with Gasteiger partial charge in [-0.25, -0.2) is 0 Å². The second-order valence-electron chi connectivity index (χ2n) is 5.21. The van der Waals surface area contributed by atoms with Crippen molar-refractivity contribution in [3.05, 3.63) is 0 Å². The summed E-state index contributed by atoms with van der Waals surface area (Å²) >= 11 is 0. The minimum absolute atomic E-state index is 0.276. The molecule has 0 heterocycles. The Kier molecular flexibility index (Phi) is 13.9. The summed E-state index contributed by atoms with van der Waals surface area (Å²) in [5.41, 5.74) is 5.64. The topological polar surface area (TPSA) is 35.2 Å². The third-order valence-electron chi connectivity index (χ3n) is 3.11. The highest BCUT2D eigenvalue weighted by atomic mass is 16.5. The summed E-state index contributed by atoms with van der Waals surface area (Å²) in [7, 11) is 0. The zero-order chi connectivity index (χ0) is 12.8. The first-order chi connectivity index (χ1) is 8.27. The van der Waals surface area contributed by atoms with Crippen molar-refractivity contribution in [2.24, 2.45) is 5.73 Å². The third-order valence-corrected chi connectivity index (χ3v) is 3.11. The molecule has 0 bridgehead atoms. The molecule has 0 aromatic heterocycles. The van der Waals surface area contributed by atoms with Gasteiger partial charge < -0.3 is 10.5 Å². The number of hydrogen-bond donors (Lipinski definition) is 1. The molecular weight excluding hydrogens is 210 g/mol. The quantitative estimate of drug-likeness (QED) is 0.490. The Morgan fingerprint density at radius 2 is 1.35 bits per heavy atom. The van der Waals surface area contributed by atoms with Gasteiger partial charge in [0.25, 0.3) is 0 Å². The van der Waals surface area contributed by atoms with Crippen LogP contribution in [0.5, 0.6) is 0 Å². The van der Waals surface area contributed by atoms with Crippen LogP contribution in [-0.2, 0) is 4.74 Å². The molecular formula is C15H33NO. The molecule has 0 radical (unpaired) electrons. The normalized spacial score (nSPS) is 12.9. The van der Waals surface area contributed by atoms with Gasteiger partial charge in [-0.2, -0.15) is 0 Å². The Morgan fingerprint density at radius 3 is 1.88 bits per heavy atom. The lowest BCUT2D eigenvalue weighted by Crippen LogP contribution is -2.17. The van der Waals surface area contributed by atoms with Crippen LogP contribution < -0.4 is 5.73 Å². The predicted molar refractivity (Wildman–Crippen MR) is 76.3 cm³/mol. The number of unbranched alkanes of at least 4 members (excludes halogenated alkanes) is 8. The van der Waals surface area contributed by atoms with Gasteiger partial charge >= 0.3 is 0 Å². The lowest BCUT2D eigenvalue weighted by Gasteiger charge is -2.06. The summed E-state index contributed by atoms with van der Waals surface area (Å²) in [4.78, 5) is 0. The van der Waals surface area contributed by atoms with Gasteiger partial charge in [0.05, 0.1) is 0 Å². The highest BCUT2D eigenvalue weighted by Crippen LogP contribution is 2.09. The van der Waals surface area contributed by atoms with E-state index in [1.165, 1.54) is 57.8 Å². The Labute approximate surface area is 108 Å². The van der Waals surface area contributed by atoms with Crippen LogP contribution in [0.25, 0.3) is 0 Å². The van der Waals surface area contributed by atoms with E-state index in [2.05, 4.69) is 6.92 Å². The first-order valence-electron chi connectivity index (χ1n) is 7.60. The van der Waals surface area contributed by atoms with Gasteiger partial charge in [0.1, 0.15) is 0 Å². The summed E-state index contributed by atoms with van der Waals surface area (Å²) < 4.78 is 5.52. The van der Waals surface area contributed by atoms with Crippen LogP contribution in [0, 0.1) is 0 Å². The molecule has 0 aliphatic heterocycles. The molecule has 0 saturated carbocycles. The first-order valence-corrected chi connectivity index (χ1v) is 7.60. The number of hydrogen-bond acceptors (Lipinski definition) is 2.